The molecule has 0 spiro atoms. The molecule has 0 amide bonds. The van der Waals surface area contributed by atoms with Gasteiger partial charge in [0.1, 0.15) is 0 Å². The fourth-order valence-corrected chi connectivity index (χ4v) is 1.76. The minimum atomic E-state index is 0.792. The van der Waals surface area contributed by atoms with Gasteiger partial charge in [-0.15, -0.1) is 0 Å². The van der Waals surface area contributed by atoms with Gasteiger partial charge >= 0.3 is 0 Å². The van der Waals surface area contributed by atoms with Crippen LogP contribution < -0.4 is 5.32 Å². The van der Waals surface area contributed by atoms with Gasteiger partial charge in [-0.05, 0) is 17.7 Å². The molecule has 0 saturated heterocycles. The van der Waals surface area contributed by atoms with E-state index >= 15 is 0 Å². The Labute approximate surface area is 76.6 Å². The first-order valence-corrected chi connectivity index (χ1v) is 4.44. The number of aromatic nitrogens is 1. The van der Waals surface area contributed by atoms with Crippen LogP contribution in [0.15, 0.2) is 30.3 Å². The summed E-state index contributed by atoms with van der Waals surface area (Å²) in [6.07, 6.45) is 0. The summed E-state index contributed by atoms with van der Waals surface area (Å²) in [6, 6.07) is 10.4. The molecule has 1 aromatic heterocycles. The van der Waals surface area contributed by atoms with Crippen molar-refractivity contribution in [3.8, 4) is 0 Å². The molecule has 13 heavy (non-hydrogen) atoms. The van der Waals surface area contributed by atoms with E-state index in [4.69, 9.17) is 0 Å². The topological polar surface area (TPSA) is 27.0 Å². The molecule has 2 nitrogen and oxygen atoms in total. The molecule has 0 fully saturated rings. The molecule has 2 heterocycles. The van der Waals surface area contributed by atoms with Crippen molar-refractivity contribution in [3.05, 3.63) is 41.6 Å². The Hall–Kier alpha value is -1.41. The minimum absolute atomic E-state index is 0.792. The maximum absolute atomic E-state index is 4.56. The van der Waals surface area contributed by atoms with Crippen LogP contribution in [0.2, 0.25) is 0 Å². The lowest BCUT2D eigenvalue weighted by molar-refractivity contribution is 0.740. The maximum Gasteiger partial charge on any atom is 0.0706 e. The fourth-order valence-electron chi connectivity index (χ4n) is 1.76. The summed E-state index contributed by atoms with van der Waals surface area (Å²) in [5, 5.41) is 5.53. The summed E-state index contributed by atoms with van der Waals surface area (Å²) in [4.78, 5) is 4.56. The van der Waals surface area contributed by atoms with Crippen LogP contribution >= 0.6 is 0 Å². The smallest absolute Gasteiger partial charge is 0.0706 e. The minimum Gasteiger partial charge on any atom is -0.251 e. The van der Waals surface area contributed by atoms with E-state index in [1.54, 1.807) is 0 Å². The Morgan fingerprint density at radius 1 is 1.08 bits per heavy atom. The van der Waals surface area contributed by atoms with Gasteiger partial charge in [-0.2, -0.15) is 0 Å². The van der Waals surface area contributed by atoms with E-state index in [9.17, 15) is 0 Å². The van der Waals surface area contributed by atoms with Crippen molar-refractivity contribution in [3.63, 3.8) is 0 Å². The van der Waals surface area contributed by atoms with Crippen LogP contribution in [0.1, 0.15) is 11.3 Å². The Balaban J connectivity index is 2.36. The van der Waals surface area contributed by atoms with E-state index in [-0.39, 0.29) is 0 Å². The van der Waals surface area contributed by atoms with Gasteiger partial charge in [0.05, 0.1) is 17.8 Å². The fraction of sp³-hybridized carbons (Fsp3) is 0.182. The number of benzene rings is 1. The van der Waals surface area contributed by atoms with E-state index in [0.717, 1.165) is 24.3 Å². The molecule has 0 bridgehead atoms. The van der Waals surface area contributed by atoms with E-state index in [1.165, 1.54) is 10.9 Å². The summed E-state index contributed by atoms with van der Waals surface area (Å²) < 4.78 is 0. The van der Waals surface area contributed by atoms with Crippen LogP contribution in [0.25, 0.3) is 10.9 Å². The standard InChI is InChI=1S/C11H9N2/c1-2-4-10-8(3-1)5-9-6-12-7-11(9)13-10/h1-5H,6-7H2. The highest BCUT2D eigenvalue weighted by Crippen LogP contribution is 2.20. The SMILES string of the molecule is c1ccc2nc3c(cc2c1)C[N]C3. The molecule has 63 valence electrons. The van der Waals surface area contributed by atoms with Gasteiger partial charge in [-0.3, -0.25) is 4.98 Å². The molecule has 0 aliphatic carbocycles. The number of para-hydroxylation sites is 1. The molecular formula is C11H9N2. The Morgan fingerprint density at radius 2 is 2.00 bits per heavy atom. The third-order valence-electron chi connectivity index (χ3n) is 2.44. The van der Waals surface area contributed by atoms with Crippen molar-refractivity contribution >= 4 is 10.9 Å². The summed E-state index contributed by atoms with van der Waals surface area (Å²) in [5.74, 6) is 0. The first-order valence-electron chi connectivity index (χ1n) is 4.44. The highest BCUT2D eigenvalue weighted by molar-refractivity contribution is 5.79. The second-order valence-corrected chi connectivity index (χ2v) is 3.33. The van der Waals surface area contributed by atoms with Crippen LogP contribution in [0.3, 0.4) is 0 Å². The third kappa shape index (κ3) is 1.03. The van der Waals surface area contributed by atoms with Crippen LogP contribution in [-0.4, -0.2) is 4.98 Å². The van der Waals surface area contributed by atoms with Crippen molar-refractivity contribution in [2.45, 2.75) is 13.1 Å². The highest BCUT2D eigenvalue weighted by atomic mass is 14.9. The normalized spacial score (nSPS) is 14.8. The lowest BCUT2D eigenvalue weighted by atomic mass is 10.1. The van der Waals surface area contributed by atoms with Crippen LogP contribution in [0, 0.1) is 0 Å². The zero-order chi connectivity index (χ0) is 8.67. The lowest BCUT2D eigenvalue weighted by Crippen LogP contribution is -1.90. The molecule has 1 aliphatic heterocycles. The molecule has 3 rings (SSSR count). The van der Waals surface area contributed by atoms with Gasteiger partial charge in [0.15, 0.2) is 0 Å². The summed E-state index contributed by atoms with van der Waals surface area (Å²) in [7, 11) is 0. The van der Waals surface area contributed by atoms with Gasteiger partial charge in [-0.25, -0.2) is 5.32 Å². The molecule has 0 N–H and O–H groups in total. The monoisotopic (exact) mass is 169 g/mol. The first-order chi connectivity index (χ1) is 6.43. The van der Waals surface area contributed by atoms with Gasteiger partial charge < -0.3 is 0 Å². The Morgan fingerprint density at radius 3 is 3.00 bits per heavy atom. The average molecular weight is 169 g/mol. The largest absolute Gasteiger partial charge is 0.251 e. The molecule has 1 aliphatic rings. The molecule has 0 atom stereocenters. The van der Waals surface area contributed by atoms with Crippen LogP contribution in [0.4, 0.5) is 0 Å². The molecule has 2 aromatic rings. The zero-order valence-electron chi connectivity index (χ0n) is 7.20. The number of hydrogen-bond donors (Lipinski definition) is 0. The number of nitrogens with zero attached hydrogens (tertiary/aromatic N) is 2. The Bertz CT molecular complexity index is 420. The molecule has 1 radical (unpaired) electrons. The molecule has 0 unspecified atom stereocenters. The second kappa shape index (κ2) is 2.54. The summed E-state index contributed by atoms with van der Waals surface area (Å²) in [5.41, 5.74) is 3.52. The number of hydrogen-bond acceptors (Lipinski definition) is 1. The number of fused-ring (bicyclic) bond motifs is 2. The predicted octanol–water partition coefficient (Wildman–Crippen LogP) is 1.85. The van der Waals surface area contributed by atoms with Crippen molar-refractivity contribution < 1.29 is 0 Å². The first kappa shape index (κ1) is 7.04. The quantitative estimate of drug-likeness (QED) is 0.591. The van der Waals surface area contributed by atoms with Gasteiger partial charge in [0.25, 0.3) is 0 Å². The maximum atomic E-state index is 4.56. The third-order valence-corrected chi connectivity index (χ3v) is 2.44. The summed E-state index contributed by atoms with van der Waals surface area (Å²) >= 11 is 0. The van der Waals surface area contributed by atoms with E-state index in [0.29, 0.717) is 0 Å². The number of pyridine rings is 1. The lowest BCUT2D eigenvalue weighted by Gasteiger charge is -2.00. The summed E-state index contributed by atoms with van der Waals surface area (Å²) in [6.45, 7) is 1.63. The number of rotatable bonds is 0. The van der Waals surface area contributed by atoms with Gasteiger partial charge in [0, 0.05) is 11.9 Å². The van der Waals surface area contributed by atoms with E-state index in [1.807, 2.05) is 18.2 Å². The average Bonchev–Trinajstić information content (AvgIpc) is 2.61. The van der Waals surface area contributed by atoms with Crippen LogP contribution in [0.5, 0.6) is 0 Å². The van der Waals surface area contributed by atoms with Crippen LogP contribution in [-0.2, 0) is 13.1 Å². The molecule has 0 saturated carbocycles. The van der Waals surface area contributed by atoms with Crippen molar-refractivity contribution in [1.29, 1.82) is 0 Å². The van der Waals surface area contributed by atoms with Gasteiger partial charge in [-0.1, -0.05) is 18.2 Å². The highest BCUT2D eigenvalue weighted by Gasteiger charge is 2.12. The molecule has 2 heteroatoms. The molecule has 1 aromatic carbocycles. The van der Waals surface area contributed by atoms with E-state index in [2.05, 4.69) is 22.4 Å². The molecular weight excluding hydrogens is 160 g/mol. The van der Waals surface area contributed by atoms with E-state index < -0.39 is 0 Å². The predicted molar refractivity (Wildman–Crippen MR) is 51.3 cm³/mol. The van der Waals surface area contributed by atoms with Gasteiger partial charge in [0.2, 0.25) is 0 Å². The Kier molecular flexibility index (Phi) is 1.37. The van der Waals surface area contributed by atoms with Crippen molar-refractivity contribution in [1.82, 2.24) is 10.3 Å². The zero-order valence-corrected chi connectivity index (χ0v) is 7.20. The second-order valence-electron chi connectivity index (χ2n) is 3.33. The van der Waals surface area contributed by atoms with Crippen molar-refractivity contribution in [2.75, 3.05) is 0 Å². The van der Waals surface area contributed by atoms with Crippen molar-refractivity contribution in [2.24, 2.45) is 0 Å².